The summed E-state index contributed by atoms with van der Waals surface area (Å²) in [6.07, 6.45) is 1.29. The van der Waals surface area contributed by atoms with Gasteiger partial charge in [0.2, 0.25) is 0 Å². The molecule has 7 nitrogen and oxygen atoms in total. The van der Waals surface area contributed by atoms with E-state index in [1.165, 1.54) is 23.5 Å². The van der Waals surface area contributed by atoms with E-state index < -0.39 is 20.0 Å². The van der Waals surface area contributed by atoms with Crippen LogP contribution in [-0.2, 0) is 26.5 Å². The average Bonchev–Trinajstić information content (AvgIpc) is 2.78. The largest absolute Gasteiger partial charge is 0.497 e. The Bertz CT molecular complexity index is 1400. The normalized spacial score (nSPS) is 14.0. The molecule has 0 saturated heterocycles. The standard InChI is InChI=1S/C24H26N2O5S2/c1-17-6-13-24(18(2)15-17)32(27,28)25-20-7-12-23-19(16-20)5-4-14-26(23)33(29,30)22-10-8-21(31-3)9-11-22/h6-13,15-16,25H,4-5,14H2,1-3H3. The maximum atomic E-state index is 13.3. The van der Waals surface area contributed by atoms with Gasteiger partial charge in [-0.05, 0) is 86.3 Å². The third-order valence-electron chi connectivity index (χ3n) is 5.68. The number of hydrogen-bond donors (Lipinski definition) is 1. The number of anilines is 2. The van der Waals surface area contributed by atoms with Crippen molar-refractivity contribution in [1.82, 2.24) is 0 Å². The molecule has 0 fully saturated rings. The number of nitrogens with zero attached hydrogens (tertiary/aromatic N) is 1. The molecule has 0 aliphatic carbocycles. The lowest BCUT2D eigenvalue weighted by atomic mass is 10.0. The van der Waals surface area contributed by atoms with Crippen LogP contribution in [0.15, 0.2) is 70.5 Å². The topological polar surface area (TPSA) is 92.8 Å². The molecule has 0 spiro atoms. The molecular formula is C24H26N2O5S2. The molecule has 0 amide bonds. The van der Waals surface area contributed by atoms with Crippen LogP contribution < -0.4 is 13.8 Å². The summed E-state index contributed by atoms with van der Waals surface area (Å²) in [4.78, 5) is 0.394. The summed E-state index contributed by atoms with van der Waals surface area (Å²) in [5.41, 5.74) is 3.39. The molecule has 0 atom stereocenters. The number of sulfonamides is 2. The summed E-state index contributed by atoms with van der Waals surface area (Å²) < 4.78 is 61.6. The minimum atomic E-state index is -3.77. The fourth-order valence-corrected chi connectivity index (χ4v) is 6.88. The highest BCUT2D eigenvalue weighted by Crippen LogP contribution is 2.34. The Morgan fingerprint density at radius 1 is 0.909 bits per heavy atom. The van der Waals surface area contributed by atoms with Crippen LogP contribution in [0.1, 0.15) is 23.1 Å². The molecular weight excluding hydrogens is 460 g/mol. The molecule has 0 saturated carbocycles. The summed E-state index contributed by atoms with van der Waals surface area (Å²) in [5, 5.41) is 0. The van der Waals surface area contributed by atoms with Crippen molar-refractivity contribution in [2.45, 2.75) is 36.5 Å². The Morgan fingerprint density at radius 2 is 1.64 bits per heavy atom. The van der Waals surface area contributed by atoms with Crippen LogP contribution >= 0.6 is 0 Å². The van der Waals surface area contributed by atoms with Crippen molar-refractivity contribution in [3.05, 3.63) is 77.4 Å². The summed E-state index contributed by atoms with van der Waals surface area (Å²) in [5.74, 6) is 0.578. The molecule has 9 heteroatoms. The van der Waals surface area contributed by atoms with Gasteiger partial charge in [-0.1, -0.05) is 17.7 Å². The number of rotatable bonds is 6. The van der Waals surface area contributed by atoms with E-state index in [-0.39, 0.29) is 9.79 Å². The van der Waals surface area contributed by atoms with Crippen molar-refractivity contribution < 1.29 is 21.6 Å². The second kappa shape index (κ2) is 8.72. The maximum absolute atomic E-state index is 13.3. The Labute approximate surface area is 195 Å². The predicted molar refractivity (Wildman–Crippen MR) is 129 cm³/mol. The van der Waals surface area contributed by atoms with Crippen LogP contribution in [0.2, 0.25) is 0 Å². The third-order valence-corrected chi connectivity index (χ3v) is 9.04. The van der Waals surface area contributed by atoms with Gasteiger partial charge in [0.05, 0.1) is 22.6 Å². The average molecular weight is 487 g/mol. The van der Waals surface area contributed by atoms with Gasteiger partial charge in [-0.2, -0.15) is 0 Å². The highest BCUT2D eigenvalue weighted by atomic mass is 32.2. The van der Waals surface area contributed by atoms with Crippen molar-refractivity contribution >= 4 is 31.4 Å². The minimum absolute atomic E-state index is 0.177. The molecule has 3 aromatic carbocycles. The van der Waals surface area contributed by atoms with E-state index in [4.69, 9.17) is 4.74 Å². The number of aryl methyl sites for hydroxylation is 3. The predicted octanol–water partition coefficient (Wildman–Crippen LogP) is 4.25. The van der Waals surface area contributed by atoms with Crippen molar-refractivity contribution in [2.75, 3.05) is 22.7 Å². The number of benzene rings is 3. The molecule has 0 bridgehead atoms. The van der Waals surface area contributed by atoms with Crippen LogP contribution in [0.5, 0.6) is 5.75 Å². The lowest BCUT2D eigenvalue weighted by molar-refractivity contribution is 0.414. The number of ether oxygens (including phenoxy) is 1. The van der Waals surface area contributed by atoms with Crippen LogP contribution in [-0.4, -0.2) is 30.5 Å². The molecule has 1 aliphatic rings. The highest BCUT2D eigenvalue weighted by molar-refractivity contribution is 7.93. The molecule has 1 aliphatic heterocycles. The Hall–Kier alpha value is -3.04. The summed E-state index contributed by atoms with van der Waals surface area (Å²) in [7, 11) is -6.01. The summed E-state index contributed by atoms with van der Waals surface area (Å²) >= 11 is 0. The van der Waals surface area contributed by atoms with Gasteiger partial charge in [-0.3, -0.25) is 9.03 Å². The first-order valence-corrected chi connectivity index (χ1v) is 13.4. The molecule has 0 unspecified atom stereocenters. The first kappa shape index (κ1) is 23.1. The number of nitrogens with one attached hydrogen (secondary N) is 1. The SMILES string of the molecule is COc1ccc(S(=O)(=O)N2CCCc3cc(NS(=O)(=O)c4ccc(C)cc4C)ccc32)cc1. The number of hydrogen-bond acceptors (Lipinski definition) is 5. The molecule has 174 valence electrons. The fourth-order valence-electron chi connectivity index (χ4n) is 4.06. The van der Waals surface area contributed by atoms with Gasteiger partial charge in [0.15, 0.2) is 0 Å². The van der Waals surface area contributed by atoms with Crippen LogP contribution in [0.4, 0.5) is 11.4 Å². The Morgan fingerprint density at radius 3 is 2.30 bits per heavy atom. The monoisotopic (exact) mass is 486 g/mol. The van der Waals surface area contributed by atoms with E-state index in [1.807, 2.05) is 13.0 Å². The zero-order valence-electron chi connectivity index (χ0n) is 18.7. The second-order valence-corrected chi connectivity index (χ2v) is 11.6. The van der Waals surface area contributed by atoms with Gasteiger partial charge >= 0.3 is 0 Å². The van der Waals surface area contributed by atoms with E-state index in [1.54, 1.807) is 49.4 Å². The zero-order chi connectivity index (χ0) is 23.8. The lowest BCUT2D eigenvalue weighted by Gasteiger charge is -2.31. The van der Waals surface area contributed by atoms with Crippen molar-refractivity contribution in [3.8, 4) is 5.75 Å². The van der Waals surface area contributed by atoms with Gasteiger partial charge < -0.3 is 4.74 Å². The van der Waals surface area contributed by atoms with Crippen molar-refractivity contribution in [3.63, 3.8) is 0 Å². The van der Waals surface area contributed by atoms with Gasteiger partial charge in [0.25, 0.3) is 20.0 Å². The summed E-state index contributed by atoms with van der Waals surface area (Å²) in [6, 6.07) is 16.4. The molecule has 1 N–H and O–H groups in total. The Balaban J connectivity index is 1.64. The van der Waals surface area contributed by atoms with E-state index in [0.29, 0.717) is 42.1 Å². The van der Waals surface area contributed by atoms with Crippen molar-refractivity contribution in [2.24, 2.45) is 0 Å². The smallest absolute Gasteiger partial charge is 0.264 e. The van der Waals surface area contributed by atoms with Crippen LogP contribution in [0, 0.1) is 13.8 Å². The molecule has 1 heterocycles. The maximum Gasteiger partial charge on any atom is 0.264 e. The first-order chi connectivity index (χ1) is 15.6. The van der Waals surface area contributed by atoms with Crippen LogP contribution in [0.3, 0.4) is 0 Å². The molecule has 3 aromatic rings. The fraction of sp³-hybridized carbons (Fsp3) is 0.250. The molecule has 4 rings (SSSR count). The van der Waals surface area contributed by atoms with E-state index in [9.17, 15) is 16.8 Å². The van der Waals surface area contributed by atoms with Gasteiger partial charge in [-0.25, -0.2) is 16.8 Å². The van der Waals surface area contributed by atoms with E-state index in [0.717, 1.165) is 11.1 Å². The van der Waals surface area contributed by atoms with E-state index >= 15 is 0 Å². The Kier molecular flexibility index (Phi) is 6.11. The second-order valence-electron chi connectivity index (χ2n) is 8.07. The molecule has 0 radical (unpaired) electrons. The third kappa shape index (κ3) is 4.56. The van der Waals surface area contributed by atoms with Crippen LogP contribution in [0.25, 0.3) is 0 Å². The van der Waals surface area contributed by atoms with Gasteiger partial charge in [-0.15, -0.1) is 0 Å². The van der Waals surface area contributed by atoms with Crippen molar-refractivity contribution in [1.29, 1.82) is 0 Å². The number of methoxy groups -OCH3 is 1. The lowest BCUT2D eigenvalue weighted by Crippen LogP contribution is -2.35. The van der Waals surface area contributed by atoms with E-state index in [2.05, 4.69) is 4.72 Å². The molecule has 0 aromatic heterocycles. The van der Waals surface area contributed by atoms with Gasteiger partial charge in [0.1, 0.15) is 5.75 Å². The summed E-state index contributed by atoms with van der Waals surface area (Å²) in [6.45, 7) is 4.03. The zero-order valence-corrected chi connectivity index (χ0v) is 20.3. The first-order valence-electron chi connectivity index (χ1n) is 10.5. The molecule has 33 heavy (non-hydrogen) atoms. The number of fused-ring (bicyclic) bond motifs is 1. The quantitative estimate of drug-likeness (QED) is 0.562. The highest BCUT2D eigenvalue weighted by Gasteiger charge is 2.29. The van der Waals surface area contributed by atoms with Gasteiger partial charge in [0, 0.05) is 12.2 Å². The minimum Gasteiger partial charge on any atom is -0.497 e.